The zero-order valence-corrected chi connectivity index (χ0v) is 21.5. The van der Waals surface area contributed by atoms with Crippen LogP contribution in [0.4, 0.5) is 15.0 Å². The van der Waals surface area contributed by atoms with Gasteiger partial charge in [0.2, 0.25) is 0 Å². The third-order valence-electron chi connectivity index (χ3n) is 6.88. The van der Waals surface area contributed by atoms with Crippen molar-refractivity contribution in [3.8, 4) is 16.9 Å². The Morgan fingerprint density at radius 2 is 1.82 bits per heavy atom. The Hall–Kier alpha value is -4.08. The summed E-state index contributed by atoms with van der Waals surface area (Å²) in [4.78, 5) is 19.7. The van der Waals surface area contributed by atoms with E-state index in [1.807, 2.05) is 67.6 Å². The number of nitrogens with one attached hydrogen (secondary N) is 2. The van der Waals surface area contributed by atoms with Crippen molar-refractivity contribution in [3.05, 3.63) is 96.1 Å². The number of nitrogens with zero attached hydrogens (tertiary/aromatic N) is 4. The Balaban J connectivity index is 1.41. The number of anilines is 1. The second-order valence-corrected chi connectivity index (χ2v) is 9.44. The van der Waals surface area contributed by atoms with E-state index in [-0.39, 0.29) is 18.0 Å². The highest BCUT2D eigenvalue weighted by Crippen LogP contribution is 2.31. The molecule has 9 heteroatoms. The number of rotatable bonds is 8. The fourth-order valence-electron chi connectivity index (χ4n) is 4.98. The number of likely N-dealkylation sites (tertiary alicyclic amines) is 1. The van der Waals surface area contributed by atoms with Crippen LogP contribution in [0.25, 0.3) is 16.9 Å². The maximum Gasteiger partial charge on any atom is 0.320 e. The first kappa shape index (κ1) is 25.6. The maximum atomic E-state index is 14.0. The lowest BCUT2D eigenvalue weighted by Crippen LogP contribution is -2.42. The third-order valence-corrected chi connectivity index (χ3v) is 6.88. The number of benzene rings is 2. The average Bonchev–Trinajstić information content (AvgIpc) is 3.49. The lowest BCUT2D eigenvalue weighted by Gasteiger charge is -2.21. The van der Waals surface area contributed by atoms with Crippen LogP contribution in [0.15, 0.2) is 79.1 Å². The zero-order chi connectivity index (χ0) is 26.5. The molecule has 2 N–H and O–H groups in total. The van der Waals surface area contributed by atoms with E-state index in [1.165, 1.54) is 12.3 Å². The van der Waals surface area contributed by atoms with E-state index < -0.39 is 5.82 Å². The Bertz CT molecular complexity index is 1380. The fourth-order valence-corrected chi connectivity index (χ4v) is 4.98. The second-order valence-electron chi connectivity index (χ2n) is 9.44. The summed E-state index contributed by atoms with van der Waals surface area (Å²) in [5.41, 5.74) is 4.20. The van der Waals surface area contributed by atoms with Crippen LogP contribution in [0.5, 0.6) is 0 Å². The van der Waals surface area contributed by atoms with Gasteiger partial charge >= 0.3 is 6.03 Å². The van der Waals surface area contributed by atoms with Gasteiger partial charge in [0.25, 0.3) is 0 Å². The van der Waals surface area contributed by atoms with Crippen LogP contribution in [0.1, 0.15) is 17.0 Å². The van der Waals surface area contributed by atoms with Gasteiger partial charge in [-0.3, -0.25) is 15.2 Å². The molecule has 2 aromatic heterocycles. The number of aromatic nitrogens is 3. The summed E-state index contributed by atoms with van der Waals surface area (Å²) in [5, 5.41) is 11.0. The van der Waals surface area contributed by atoms with Crippen LogP contribution in [-0.2, 0) is 4.74 Å². The minimum Gasteiger partial charge on any atom is -0.383 e. The van der Waals surface area contributed by atoms with Gasteiger partial charge in [-0.15, -0.1) is 0 Å². The highest BCUT2D eigenvalue weighted by Gasteiger charge is 2.35. The van der Waals surface area contributed by atoms with Crippen molar-refractivity contribution in [3.63, 3.8) is 0 Å². The molecule has 1 aliphatic rings. The number of amides is 2. The number of hydrogen-bond donors (Lipinski definition) is 2. The molecule has 4 aromatic rings. The molecule has 0 spiro atoms. The quantitative estimate of drug-likeness (QED) is 0.359. The highest BCUT2D eigenvalue weighted by atomic mass is 19.1. The molecule has 0 aliphatic carbocycles. The van der Waals surface area contributed by atoms with Crippen molar-refractivity contribution in [2.45, 2.75) is 18.9 Å². The van der Waals surface area contributed by atoms with Crippen LogP contribution < -0.4 is 10.6 Å². The van der Waals surface area contributed by atoms with Crippen molar-refractivity contribution >= 4 is 11.8 Å². The third kappa shape index (κ3) is 5.58. The van der Waals surface area contributed by atoms with Gasteiger partial charge in [0.1, 0.15) is 11.6 Å². The molecule has 2 amide bonds. The lowest BCUT2D eigenvalue weighted by atomic mass is 9.96. The van der Waals surface area contributed by atoms with Gasteiger partial charge in [-0.1, -0.05) is 48.5 Å². The summed E-state index contributed by atoms with van der Waals surface area (Å²) in [6, 6.07) is 20.5. The topological polar surface area (TPSA) is 84.3 Å². The molecule has 0 saturated carbocycles. The summed E-state index contributed by atoms with van der Waals surface area (Å²) < 4.78 is 21.0. The van der Waals surface area contributed by atoms with Crippen LogP contribution in [0, 0.1) is 12.7 Å². The predicted octanol–water partition coefficient (Wildman–Crippen LogP) is 4.62. The van der Waals surface area contributed by atoms with E-state index >= 15 is 0 Å². The normalized spacial score (nSPS) is 17.4. The summed E-state index contributed by atoms with van der Waals surface area (Å²) in [6.45, 7) is 4.52. The van der Waals surface area contributed by atoms with Gasteiger partial charge < -0.3 is 10.1 Å². The van der Waals surface area contributed by atoms with Gasteiger partial charge in [-0.2, -0.15) is 5.10 Å². The summed E-state index contributed by atoms with van der Waals surface area (Å²) >= 11 is 0. The minimum atomic E-state index is -0.392. The summed E-state index contributed by atoms with van der Waals surface area (Å²) in [7, 11) is 1.66. The Kier molecular flexibility index (Phi) is 7.76. The standard InChI is InChI=1S/C29H31FN6O2/c1-20-27(21-9-5-3-6-10-21)34-36(24-11-7-4-8-12-24)28(20)33-29(37)32-26-19-35(13-14-38-2)18-25(26)22-15-23(30)17-31-16-22/h3-12,15-17,25-26H,13-14,18-19H2,1-2H3,(H2,32,33,37)/t25-,26+/m0/s1. The predicted molar refractivity (Wildman–Crippen MR) is 145 cm³/mol. The average molecular weight is 515 g/mol. The number of carbonyl (C=O) groups is 1. The number of methoxy groups -OCH3 is 1. The van der Waals surface area contributed by atoms with Crippen molar-refractivity contribution in [2.75, 3.05) is 38.7 Å². The van der Waals surface area contributed by atoms with Gasteiger partial charge in [0, 0.05) is 50.0 Å². The molecule has 3 heterocycles. The van der Waals surface area contributed by atoms with Crippen molar-refractivity contribution in [1.29, 1.82) is 0 Å². The molecule has 8 nitrogen and oxygen atoms in total. The number of pyridine rings is 1. The monoisotopic (exact) mass is 514 g/mol. The van der Waals surface area contributed by atoms with E-state index in [0.29, 0.717) is 25.5 Å². The van der Waals surface area contributed by atoms with Gasteiger partial charge in [-0.05, 0) is 30.7 Å². The molecule has 1 fully saturated rings. The van der Waals surface area contributed by atoms with E-state index in [0.717, 1.165) is 34.6 Å². The number of hydrogen-bond acceptors (Lipinski definition) is 5. The van der Waals surface area contributed by atoms with Crippen LogP contribution in [0.2, 0.25) is 0 Å². The summed E-state index contributed by atoms with van der Waals surface area (Å²) in [6.07, 6.45) is 2.86. The fraction of sp³-hybridized carbons (Fsp3) is 0.276. The van der Waals surface area contributed by atoms with E-state index in [2.05, 4.69) is 20.5 Å². The summed E-state index contributed by atoms with van der Waals surface area (Å²) in [5.74, 6) is 0.0865. The van der Waals surface area contributed by atoms with Crippen molar-refractivity contribution in [2.24, 2.45) is 0 Å². The SMILES string of the molecule is COCCN1C[C@@H](NC(=O)Nc2c(C)c(-c3ccccc3)nn2-c2ccccc2)[C@H](c2cncc(F)c2)C1. The van der Waals surface area contributed by atoms with E-state index in [9.17, 15) is 9.18 Å². The number of halogens is 1. The second kappa shape index (κ2) is 11.5. The van der Waals surface area contributed by atoms with Crippen molar-refractivity contribution in [1.82, 2.24) is 25.0 Å². The first-order valence-corrected chi connectivity index (χ1v) is 12.6. The van der Waals surface area contributed by atoms with E-state index in [4.69, 9.17) is 9.84 Å². The van der Waals surface area contributed by atoms with Gasteiger partial charge in [0.05, 0.1) is 30.2 Å². The Labute approximate surface area is 221 Å². The molecule has 196 valence electrons. The first-order chi connectivity index (χ1) is 18.5. The number of carbonyl (C=O) groups excluding carboxylic acids is 1. The smallest absolute Gasteiger partial charge is 0.320 e. The molecule has 1 aliphatic heterocycles. The highest BCUT2D eigenvalue weighted by molar-refractivity contribution is 5.91. The van der Waals surface area contributed by atoms with Crippen molar-refractivity contribution < 1.29 is 13.9 Å². The molecule has 5 rings (SSSR count). The molecule has 0 radical (unpaired) electrons. The largest absolute Gasteiger partial charge is 0.383 e. The molecule has 2 aromatic carbocycles. The van der Waals surface area contributed by atoms with Crippen LogP contribution in [0.3, 0.4) is 0 Å². The Morgan fingerprint density at radius 3 is 2.53 bits per heavy atom. The minimum absolute atomic E-state index is 0.110. The maximum absolute atomic E-state index is 14.0. The van der Waals surface area contributed by atoms with Gasteiger partial charge in [0.15, 0.2) is 0 Å². The molecule has 2 atom stereocenters. The van der Waals surface area contributed by atoms with Crippen LogP contribution in [-0.4, -0.2) is 65.1 Å². The lowest BCUT2D eigenvalue weighted by molar-refractivity contribution is 0.159. The molecular weight excluding hydrogens is 483 g/mol. The number of para-hydroxylation sites is 1. The van der Waals surface area contributed by atoms with Gasteiger partial charge in [-0.25, -0.2) is 13.9 Å². The van der Waals surface area contributed by atoms with Crippen LogP contribution >= 0.6 is 0 Å². The van der Waals surface area contributed by atoms with E-state index in [1.54, 1.807) is 18.0 Å². The Morgan fingerprint density at radius 1 is 1.08 bits per heavy atom. The molecule has 0 unspecified atom stereocenters. The molecular formula is C29H31FN6O2. The zero-order valence-electron chi connectivity index (χ0n) is 21.5. The first-order valence-electron chi connectivity index (χ1n) is 12.6. The number of urea groups is 1. The molecule has 0 bridgehead atoms. The number of ether oxygens (including phenoxy) is 1. The molecule has 1 saturated heterocycles. The molecule has 38 heavy (non-hydrogen) atoms.